The number of aliphatic hydroxyl groups is 1. The third-order valence-electron chi connectivity index (χ3n) is 3.96. The van der Waals surface area contributed by atoms with Crippen molar-refractivity contribution in [2.75, 3.05) is 26.2 Å². The molecule has 0 aliphatic carbocycles. The van der Waals surface area contributed by atoms with E-state index in [0.29, 0.717) is 11.6 Å². The lowest BCUT2D eigenvalue weighted by atomic mass is 9.94. The number of piperidine rings is 1. The van der Waals surface area contributed by atoms with Crippen molar-refractivity contribution in [1.29, 1.82) is 0 Å². The van der Waals surface area contributed by atoms with Gasteiger partial charge in [-0.3, -0.25) is 0 Å². The molecule has 0 atom stereocenters. The van der Waals surface area contributed by atoms with Crippen LogP contribution in [-0.4, -0.2) is 46.8 Å². The minimum Gasteiger partial charge on any atom is -0.494 e. The summed E-state index contributed by atoms with van der Waals surface area (Å²) in [6.07, 6.45) is 2.70. The molecule has 5 heteroatoms. The quantitative estimate of drug-likeness (QED) is 0.621. The molecule has 2 rings (SSSR count). The first-order valence-corrected chi connectivity index (χ1v) is 7.84. The summed E-state index contributed by atoms with van der Waals surface area (Å²) in [5.74, 6) is 0.844. The van der Waals surface area contributed by atoms with Gasteiger partial charge in [0.05, 0.1) is 12.2 Å². The molecule has 1 fully saturated rings. The van der Waals surface area contributed by atoms with Crippen molar-refractivity contribution < 1.29 is 9.84 Å². The van der Waals surface area contributed by atoms with Gasteiger partial charge in [0.2, 0.25) is 0 Å². The van der Waals surface area contributed by atoms with Gasteiger partial charge in [-0.05, 0) is 50.5 Å². The third kappa shape index (κ3) is 5.26. The van der Waals surface area contributed by atoms with Crippen molar-refractivity contribution in [3.05, 3.63) is 29.8 Å². The Hall–Kier alpha value is -1.17. The third-order valence-corrected chi connectivity index (χ3v) is 4.20. The molecule has 1 aliphatic heterocycles. The van der Waals surface area contributed by atoms with Gasteiger partial charge in [-0.25, -0.2) is 0 Å². The van der Waals surface area contributed by atoms with Crippen LogP contribution in [0.25, 0.3) is 0 Å². The van der Waals surface area contributed by atoms with Crippen molar-refractivity contribution in [3.63, 3.8) is 0 Å². The van der Waals surface area contributed by atoms with E-state index < -0.39 is 5.60 Å². The molecule has 21 heavy (non-hydrogen) atoms. The maximum atomic E-state index is 9.90. The first-order chi connectivity index (χ1) is 9.96. The topological polar surface area (TPSA) is 58.7 Å². The van der Waals surface area contributed by atoms with Crippen LogP contribution in [0.5, 0.6) is 5.75 Å². The second kappa shape index (κ2) is 7.20. The largest absolute Gasteiger partial charge is 0.494 e. The number of rotatable bonds is 6. The number of nitrogens with zero attached hydrogens (tertiary/aromatic N) is 1. The highest BCUT2D eigenvalue weighted by molar-refractivity contribution is 7.80. The molecule has 1 saturated heterocycles. The fourth-order valence-corrected chi connectivity index (χ4v) is 2.59. The van der Waals surface area contributed by atoms with Gasteiger partial charge in [-0.1, -0.05) is 12.2 Å². The predicted molar refractivity (Wildman–Crippen MR) is 88.7 cm³/mol. The van der Waals surface area contributed by atoms with Crippen LogP contribution in [0.3, 0.4) is 0 Å². The molecule has 0 amide bonds. The SMILES string of the molecule is CC1(O)CCN(CCCOc2ccc(C(N)=S)cc2)CC1. The van der Waals surface area contributed by atoms with Gasteiger partial charge in [0.25, 0.3) is 0 Å². The minimum absolute atomic E-state index is 0.405. The molecule has 1 heterocycles. The van der Waals surface area contributed by atoms with E-state index in [1.807, 2.05) is 31.2 Å². The van der Waals surface area contributed by atoms with Crippen LogP contribution < -0.4 is 10.5 Å². The van der Waals surface area contributed by atoms with E-state index in [0.717, 1.165) is 50.2 Å². The monoisotopic (exact) mass is 308 g/mol. The van der Waals surface area contributed by atoms with Crippen LogP contribution in [-0.2, 0) is 0 Å². The molecule has 0 radical (unpaired) electrons. The number of ether oxygens (including phenoxy) is 1. The van der Waals surface area contributed by atoms with Gasteiger partial charge in [0, 0.05) is 25.2 Å². The van der Waals surface area contributed by atoms with Crippen molar-refractivity contribution >= 4 is 17.2 Å². The first kappa shape index (κ1) is 16.2. The van der Waals surface area contributed by atoms with E-state index in [1.54, 1.807) is 0 Å². The van der Waals surface area contributed by atoms with E-state index in [-0.39, 0.29) is 0 Å². The first-order valence-electron chi connectivity index (χ1n) is 7.44. The minimum atomic E-state index is -0.474. The summed E-state index contributed by atoms with van der Waals surface area (Å²) in [5, 5.41) is 9.90. The Morgan fingerprint density at radius 1 is 1.33 bits per heavy atom. The number of hydrogen-bond donors (Lipinski definition) is 2. The van der Waals surface area contributed by atoms with Crippen LogP contribution in [0.15, 0.2) is 24.3 Å². The molecule has 0 unspecified atom stereocenters. The van der Waals surface area contributed by atoms with Gasteiger partial charge in [0.15, 0.2) is 0 Å². The fourth-order valence-electron chi connectivity index (χ4n) is 2.45. The average Bonchev–Trinajstić information content (AvgIpc) is 2.45. The Morgan fingerprint density at radius 3 is 2.52 bits per heavy atom. The summed E-state index contributed by atoms with van der Waals surface area (Å²) < 4.78 is 5.71. The number of thiocarbonyl (C=S) groups is 1. The highest BCUT2D eigenvalue weighted by Crippen LogP contribution is 2.21. The van der Waals surface area contributed by atoms with E-state index in [4.69, 9.17) is 22.7 Å². The van der Waals surface area contributed by atoms with Gasteiger partial charge >= 0.3 is 0 Å². The molecule has 3 N–H and O–H groups in total. The molecule has 0 bridgehead atoms. The predicted octanol–water partition coefficient (Wildman–Crippen LogP) is 1.94. The zero-order valence-electron chi connectivity index (χ0n) is 12.5. The highest BCUT2D eigenvalue weighted by atomic mass is 32.1. The molecule has 1 aromatic rings. The lowest BCUT2D eigenvalue weighted by Crippen LogP contribution is -2.42. The molecular weight excluding hydrogens is 284 g/mol. The zero-order valence-corrected chi connectivity index (χ0v) is 13.4. The molecule has 0 aromatic heterocycles. The van der Waals surface area contributed by atoms with Crippen molar-refractivity contribution in [2.24, 2.45) is 5.73 Å². The molecule has 0 spiro atoms. The Labute approximate surface area is 131 Å². The summed E-state index contributed by atoms with van der Waals surface area (Å²) in [4.78, 5) is 2.79. The lowest BCUT2D eigenvalue weighted by molar-refractivity contribution is -0.00603. The van der Waals surface area contributed by atoms with E-state index in [2.05, 4.69) is 4.90 Å². The Balaban J connectivity index is 1.65. The number of likely N-dealkylation sites (tertiary alicyclic amines) is 1. The van der Waals surface area contributed by atoms with Crippen LogP contribution in [0.2, 0.25) is 0 Å². The maximum Gasteiger partial charge on any atom is 0.119 e. The molecule has 116 valence electrons. The summed E-state index contributed by atoms with van der Waals surface area (Å²) >= 11 is 4.91. The van der Waals surface area contributed by atoms with Crippen LogP contribution in [0.4, 0.5) is 0 Å². The Bertz CT molecular complexity index is 464. The summed E-state index contributed by atoms with van der Waals surface area (Å²) in [5.41, 5.74) is 5.94. The van der Waals surface area contributed by atoms with Crippen molar-refractivity contribution in [1.82, 2.24) is 4.90 Å². The molecular formula is C16H24N2O2S. The van der Waals surface area contributed by atoms with Crippen LogP contribution in [0, 0.1) is 0 Å². The van der Waals surface area contributed by atoms with Gasteiger partial charge in [-0.15, -0.1) is 0 Å². The summed E-state index contributed by atoms with van der Waals surface area (Å²) in [7, 11) is 0. The van der Waals surface area contributed by atoms with E-state index in [9.17, 15) is 5.11 Å². The van der Waals surface area contributed by atoms with Gasteiger partial charge in [-0.2, -0.15) is 0 Å². The fraction of sp³-hybridized carbons (Fsp3) is 0.562. The molecule has 1 aromatic carbocycles. The zero-order chi connectivity index (χ0) is 15.3. The Kier molecular flexibility index (Phi) is 5.56. The van der Waals surface area contributed by atoms with Gasteiger partial charge < -0.3 is 20.5 Å². The molecule has 0 saturated carbocycles. The lowest BCUT2D eigenvalue weighted by Gasteiger charge is -2.35. The summed E-state index contributed by atoms with van der Waals surface area (Å²) in [6, 6.07) is 7.55. The highest BCUT2D eigenvalue weighted by Gasteiger charge is 2.26. The van der Waals surface area contributed by atoms with E-state index >= 15 is 0 Å². The maximum absolute atomic E-state index is 9.90. The number of benzene rings is 1. The van der Waals surface area contributed by atoms with Crippen LogP contribution >= 0.6 is 12.2 Å². The molecule has 1 aliphatic rings. The second-order valence-corrected chi connectivity index (χ2v) is 6.37. The second-order valence-electron chi connectivity index (χ2n) is 5.93. The standard InChI is InChI=1S/C16H24N2O2S/c1-16(19)7-10-18(11-8-16)9-2-12-20-14-5-3-13(4-6-14)15(17)21/h3-6,19H,2,7-12H2,1H3,(H2,17,21). The van der Waals surface area contributed by atoms with Gasteiger partial charge in [0.1, 0.15) is 10.7 Å². The van der Waals surface area contributed by atoms with Crippen LogP contribution in [0.1, 0.15) is 31.7 Å². The number of hydrogen-bond acceptors (Lipinski definition) is 4. The average molecular weight is 308 g/mol. The van der Waals surface area contributed by atoms with Crippen molar-refractivity contribution in [2.45, 2.75) is 31.8 Å². The van der Waals surface area contributed by atoms with E-state index in [1.165, 1.54) is 0 Å². The number of nitrogens with two attached hydrogens (primary N) is 1. The normalized spacial score (nSPS) is 18.4. The molecule has 4 nitrogen and oxygen atoms in total. The smallest absolute Gasteiger partial charge is 0.119 e. The van der Waals surface area contributed by atoms with Crippen molar-refractivity contribution in [3.8, 4) is 5.75 Å². The Morgan fingerprint density at radius 2 is 1.95 bits per heavy atom. The summed E-state index contributed by atoms with van der Waals surface area (Å²) in [6.45, 7) is 5.57.